The van der Waals surface area contributed by atoms with Gasteiger partial charge in [-0.15, -0.1) is 0 Å². The third kappa shape index (κ3) is 3.59. The monoisotopic (exact) mass is 408 g/mol. The van der Waals surface area contributed by atoms with E-state index in [4.69, 9.17) is 28.6 Å². The highest BCUT2D eigenvalue weighted by Gasteiger charge is 2.18. The van der Waals surface area contributed by atoms with Crippen molar-refractivity contribution in [1.82, 2.24) is 5.32 Å². The first-order chi connectivity index (χ1) is 13.5. The topological polar surface area (TPSA) is 50.4 Å². The summed E-state index contributed by atoms with van der Waals surface area (Å²) in [6.07, 6.45) is 0.893. The highest BCUT2D eigenvalue weighted by atomic mass is 35.5. The molecule has 3 aromatic rings. The van der Waals surface area contributed by atoms with Gasteiger partial charge in [0.1, 0.15) is 5.75 Å². The van der Waals surface area contributed by atoms with E-state index in [0.29, 0.717) is 16.3 Å². The fourth-order valence-corrected chi connectivity index (χ4v) is 3.84. The molecule has 0 saturated heterocycles. The molecule has 2 N–H and O–H groups in total. The predicted molar refractivity (Wildman–Crippen MR) is 116 cm³/mol. The van der Waals surface area contributed by atoms with Crippen molar-refractivity contribution >= 4 is 40.5 Å². The fraction of sp³-hybridized carbons (Fsp3) is 0.0909. The van der Waals surface area contributed by atoms with Crippen LogP contribution in [0.25, 0.3) is 11.1 Å². The Kier molecular flexibility index (Phi) is 5.03. The molecule has 4 rings (SSSR count). The number of hydrogen-bond acceptors (Lipinski definition) is 3. The minimum Gasteiger partial charge on any atom is -0.495 e. The Bertz CT molecular complexity index is 1100. The van der Waals surface area contributed by atoms with Crippen LogP contribution in [-0.2, 0) is 6.42 Å². The van der Waals surface area contributed by atoms with Gasteiger partial charge in [-0.05, 0) is 71.2 Å². The molecule has 6 heteroatoms. The van der Waals surface area contributed by atoms with E-state index in [2.05, 4.69) is 47.0 Å². The zero-order valence-electron chi connectivity index (χ0n) is 15.1. The molecule has 0 unspecified atom stereocenters. The zero-order chi connectivity index (χ0) is 19.7. The Morgan fingerprint density at radius 3 is 2.61 bits per heavy atom. The van der Waals surface area contributed by atoms with E-state index in [-0.39, 0.29) is 11.0 Å². The maximum Gasteiger partial charge on any atom is 0.257 e. The molecular weight excluding hydrogens is 392 g/mol. The second-order valence-electron chi connectivity index (χ2n) is 6.46. The predicted octanol–water partition coefficient (Wildman–Crippen LogP) is 5.05. The normalized spacial score (nSPS) is 11.4. The Morgan fingerprint density at radius 2 is 1.82 bits per heavy atom. The zero-order valence-corrected chi connectivity index (χ0v) is 16.7. The number of ether oxygens (including phenoxy) is 1. The van der Waals surface area contributed by atoms with Crippen molar-refractivity contribution in [3.05, 3.63) is 82.4 Å². The molecule has 0 aliphatic heterocycles. The Morgan fingerprint density at radius 1 is 1.04 bits per heavy atom. The number of carbonyl (C=O) groups is 1. The van der Waals surface area contributed by atoms with Gasteiger partial charge in [-0.25, -0.2) is 0 Å². The van der Waals surface area contributed by atoms with Crippen LogP contribution >= 0.6 is 23.8 Å². The lowest BCUT2D eigenvalue weighted by molar-refractivity contribution is 0.0977. The third-order valence-electron chi connectivity index (χ3n) is 4.69. The molecule has 4 nitrogen and oxygen atoms in total. The second-order valence-corrected chi connectivity index (χ2v) is 7.28. The molecule has 0 radical (unpaired) electrons. The number of anilines is 1. The standard InChI is InChI=1S/C22H17ClN2O2S/c1-27-20-9-6-14(12-19(20)23)21(26)25-22(28)24-16-7-8-18-15(11-16)10-13-4-2-3-5-17(13)18/h2-9,11-12H,10H2,1H3,(H2,24,25,26,28). The number of hydrogen-bond donors (Lipinski definition) is 2. The summed E-state index contributed by atoms with van der Waals surface area (Å²) in [5, 5.41) is 6.35. The van der Waals surface area contributed by atoms with Gasteiger partial charge in [0.05, 0.1) is 12.1 Å². The van der Waals surface area contributed by atoms with Gasteiger partial charge in [-0.1, -0.05) is 41.9 Å². The summed E-state index contributed by atoms with van der Waals surface area (Å²) in [7, 11) is 1.52. The van der Waals surface area contributed by atoms with Crippen LogP contribution in [0, 0.1) is 0 Å². The molecule has 0 fully saturated rings. The van der Waals surface area contributed by atoms with Crippen molar-refractivity contribution in [3.8, 4) is 16.9 Å². The smallest absolute Gasteiger partial charge is 0.257 e. The van der Waals surface area contributed by atoms with E-state index in [1.54, 1.807) is 18.2 Å². The maximum absolute atomic E-state index is 12.4. The number of fused-ring (bicyclic) bond motifs is 3. The first kappa shape index (κ1) is 18.5. The molecule has 0 atom stereocenters. The van der Waals surface area contributed by atoms with Crippen molar-refractivity contribution in [2.75, 3.05) is 12.4 Å². The quantitative estimate of drug-likeness (QED) is 0.466. The number of halogens is 1. The van der Waals surface area contributed by atoms with Crippen molar-refractivity contribution in [2.45, 2.75) is 6.42 Å². The van der Waals surface area contributed by atoms with Crippen LogP contribution in [0.3, 0.4) is 0 Å². The maximum atomic E-state index is 12.4. The van der Waals surface area contributed by atoms with Crippen LogP contribution in [-0.4, -0.2) is 18.1 Å². The van der Waals surface area contributed by atoms with Crippen LogP contribution in [0.1, 0.15) is 21.5 Å². The van der Waals surface area contributed by atoms with E-state index in [0.717, 1.165) is 12.1 Å². The molecular formula is C22H17ClN2O2S. The van der Waals surface area contributed by atoms with Crippen LogP contribution in [0.15, 0.2) is 60.7 Å². The molecule has 0 aromatic heterocycles. The van der Waals surface area contributed by atoms with Gasteiger partial charge in [-0.2, -0.15) is 0 Å². The van der Waals surface area contributed by atoms with Crippen molar-refractivity contribution < 1.29 is 9.53 Å². The summed E-state index contributed by atoms with van der Waals surface area (Å²) in [4.78, 5) is 12.4. The number of nitrogens with one attached hydrogen (secondary N) is 2. The van der Waals surface area contributed by atoms with Gasteiger partial charge < -0.3 is 10.1 Å². The van der Waals surface area contributed by atoms with E-state index in [9.17, 15) is 4.79 Å². The molecule has 0 spiro atoms. The van der Waals surface area contributed by atoms with Crippen molar-refractivity contribution in [3.63, 3.8) is 0 Å². The Hall–Kier alpha value is -2.89. The van der Waals surface area contributed by atoms with Gasteiger partial charge in [0.15, 0.2) is 5.11 Å². The first-order valence-corrected chi connectivity index (χ1v) is 9.51. The summed E-state index contributed by atoms with van der Waals surface area (Å²) in [5.41, 5.74) is 6.31. The highest BCUT2D eigenvalue weighted by molar-refractivity contribution is 7.80. The van der Waals surface area contributed by atoms with E-state index in [1.807, 2.05) is 6.07 Å². The molecule has 1 amide bonds. The molecule has 28 heavy (non-hydrogen) atoms. The average Bonchev–Trinajstić information content (AvgIpc) is 3.05. The number of methoxy groups -OCH3 is 1. The average molecular weight is 409 g/mol. The van der Waals surface area contributed by atoms with Gasteiger partial charge in [0.2, 0.25) is 0 Å². The highest BCUT2D eigenvalue weighted by Crippen LogP contribution is 2.37. The van der Waals surface area contributed by atoms with Gasteiger partial charge in [0, 0.05) is 11.3 Å². The Labute approximate surface area is 173 Å². The largest absolute Gasteiger partial charge is 0.495 e. The summed E-state index contributed by atoms with van der Waals surface area (Å²) >= 11 is 11.4. The number of thiocarbonyl (C=S) groups is 1. The summed E-state index contributed by atoms with van der Waals surface area (Å²) in [6.45, 7) is 0. The lowest BCUT2D eigenvalue weighted by Gasteiger charge is -2.12. The van der Waals surface area contributed by atoms with Crippen molar-refractivity contribution in [1.29, 1.82) is 0 Å². The minimum absolute atomic E-state index is 0.229. The molecule has 0 bridgehead atoms. The number of amides is 1. The number of rotatable bonds is 3. The third-order valence-corrected chi connectivity index (χ3v) is 5.19. The lowest BCUT2D eigenvalue weighted by Crippen LogP contribution is -2.34. The van der Waals surface area contributed by atoms with Gasteiger partial charge >= 0.3 is 0 Å². The molecule has 0 saturated carbocycles. The molecule has 1 aliphatic rings. The van der Waals surface area contributed by atoms with Gasteiger partial charge in [0.25, 0.3) is 5.91 Å². The van der Waals surface area contributed by atoms with E-state index < -0.39 is 0 Å². The number of carbonyl (C=O) groups excluding carboxylic acids is 1. The van der Waals surface area contributed by atoms with Crippen LogP contribution in [0.4, 0.5) is 5.69 Å². The summed E-state index contributed by atoms with van der Waals surface area (Å²) in [5.74, 6) is 0.175. The van der Waals surface area contributed by atoms with Crippen LogP contribution in [0.5, 0.6) is 5.75 Å². The first-order valence-electron chi connectivity index (χ1n) is 8.72. The fourth-order valence-electron chi connectivity index (χ4n) is 3.37. The molecule has 1 aliphatic carbocycles. The lowest BCUT2D eigenvalue weighted by atomic mass is 10.1. The molecule has 0 heterocycles. The SMILES string of the molecule is COc1ccc(C(=O)NC(=S)Nc2ccc3c(c2)Cc2ccccc2-3)cc1Cl. The number of benzene rings is 3. The summed E-state index contributed by atoms with van der Waals surface area (Å²) in [6, 6.07) is 19.3. The molecule has 140 valence electrons. The minimum atomic E-state index is -0.337. The van der Waals surface area contributed by atoms with E-state index in [1.165, 1.54) is 29.4 Å². The summed E-state index contributed by atoms with van der Waals surface area (Å²) < 4.78 is 5.10. The Balaban J connectivity index is 1.44. The van der Waals surface area contributed by atoms with Crippen molar-refractivity contribution in [2.24, 2.45) is 0 Å². The van der Waals surface area contributed by atoms with Crippen LogP contribution in [0.2, 0.25) is 5.02 Å². The second kappa shape index (κ2) is 7.62. The van der Waals surface area contributed by atoms with Crippen LogP contribution < -0.4 is 15.4 Å². The van der Waals surface area contributed by atoms with Gasteiger partial charge in [-0.3, -0.25) is 10.1 Å². The van der Waals surface area contributed by atoms with E-state index >= 15 is 0 Å². The molecule has 3 aromatic carbocycles.